The second kappa shape index (κ2) is 13.8. The molecule has 4 nitrogen and oxygen atoms in total. The van der Waals surface area contributed by atoms with Gasteiger partial charge in [-0.1, -0.05) is 50.5 Å². The lowest BCUT2D eigenvalue weighted by Crippen LogP contribution is -2.32. The van der Waals surface area contributed by atoms with Crippen molar-refractivity contribution < 1.29 is 4.74 Å². The molecule has 0 bridgehead atoms. The second-order valence-electron chi connectivity index (χ2n) is 5.09. The molecule has 0 aliphatic carbocycles. The third-order valence-electron chi connectivity index (χ3n) is 3.34. The maximum absolute atomic E-state index is 5.89. The maximum atomic E-state index is 5.89. The van der Waals surface area contributed by atoms with E-state index < -0.39 is 0 Å². The monoisotopic (exact) mass is 419 g/mol. The van der Waals surface area contributed by atoms with Crippen LogP contribution < -0.4 is 11.1 Å². The highest BCUT2D eigenvalue weighted by Crippen LogP contribution is 2.11. The highest BCUT2D eigenvalue weighted by Gasteiger charge is 2.01. The number of benzene rings is 1. The van der Waals surface area contributed by atoms with E-state index in [-0.39, 0.29) is 24.0 Å². The molecule has 0 aliphatic rings. The average molecular weight is 419 g/mol. The van der Waals surface area contributed by atoms with Crippen molar-refractivity contribution >= 4 is 29.9 Å². The van der Waals surface area contributed by atoms with Crippen LogP contribution >= 0.6 is 24.0 Å². The number of ether oxygens (including phenoxy) is 1. The summed E-state index contributed by atoms with van der Waals surface area (Å²) in [6.07, 6.45) is 4.92. The molecule has 0 aromatic heterocycles. The molecule has 126 valence electrons. The first kappa shape index (κ1) is 21.2. The van der Waals surface area contributed by atoms with Crippen LogP contribution in [0.1, 0.15) is 50.7 Å². The van der Waals surface area contributed by atoms with Gasteiger partial charge in [-0.25, -0.2) is 4.99 Å². The van der Waals surface area contributed by atoms with Gasteiger partial charge in [0.05, 0.1) is 13.2 Å². The van der Waals surface area contributed by atoms with E-state index in [2.05, 4.69) is 29.4 Å². The average Bonchev–Trinajstić information content (AvgIpc) is 2.51. The molecule has 1 aromatic rings. The van der Waals surface area contributed by atoms with Crippen LogP contribution in [0.4, 0.5) is 0 Å². The molecule has 0 aliphatic heterocycles. The highest BCUT2D eigenvalue weighted by atomic mass is 127. The van der Waals surface area contributed by atoms with Crippen LogP contribution in [0.15, 0.2) is 29.3 Å². The van der Waals surface area contributed by atoms with Crippen molar-refractivity contribution in [3.8, 4) is 0 Å². The Bertz CT molecular complexity index is 424. The van der Waals surface area contributed by atoms with E-state index in [1.54, 1.807) is 0 Å². The fourth-order valence-corrected chi connectivity index (χ4v) is 2.06. The number of hydrogen-bond acceptors (Lipinski definition) is 2. The zero-order valence-electron chi connectivity index (χ0n) is 13.8. The van der Waals surface area contributed by atoms with Gasteiger partial charge in [-0.15, -0.1) is 24.0 Å². The molecular formula is C17H30IN3O. The Labute approximate surface area is 151 Å². The SMILES string of the molecule is CCCCCCNC(N)=NCc1ccccc1COCC.I. The molecule has 0 amide bonds. The van der Waals surface area contributed by atoms with E-state index in [1.165, 1.54) is 30.4 Å². The minimum absolute atomic E-state index is 0. The maximum Gasteiger partial charge on any atom is 0.188 e. The van der Waals surface area contributed by atoms with Crippen LogP contribution in [-0.2, 0) is 17.9 Å². The number of rotatable bonds is 10. The first-order valence-corrected chi connectivity index (χ1v) is 7.96. The van der Waals surface area contributed by atoms with E-state index in [9.17, 15) is 0 Å². The van der Waals surface area contributed by atoms with Gasteiger partial charge in [0.15, 0.2) is 5.96 Å². The molecule has 5 heteroatoms. The summed E-state index contributed by atoms with van der Waals surface area (Å²) in [6, 6.07) is 8.20. The fraction of sp³-hybridized carbons (Fsp3) is 0.588. The van der Waals surface area contributed by atoms with Crippen LogP contribution in [0.3, 0.4) is 0 Å². The number of guanidine groups is 1. The molecule has 0 spiro atoms. The zero-order valence-corrected chi connectivity index (χ0v) is 16.1. The van der Waals surface area contributed by atoms with Gasteiger partial charge in [-0.3, -0.25) is 0 Å². The van der Waals surface area contributed by atoms with E-state index in [0.717, 1.165) is 19.6 Å². The third kappa shape index (κ3) is 9.25. The number of halogens is 1. The Hall–Kier alpha value is -0.820. The second-order valence-corrected chi connectivity index (χ2v) is 5.09. The van der Waals surface area contributed by atoms with Gasteiger partial charge in [0.1, 0.15) is 0 Å². The van der Waals surface area contributed by atoms with Crippen molar-refractivity contribution in [2.45, 2.75) is 52.7 Å². The third-order valence-corrected chi connectivity index (χ3v) is 3.34. The Morgan fingerprint density at radius 2 is 1.86 bits per heavy atom. The summed E-state index contributed by atoms with van der Waals surface area (Å²) >= 11 is 0. The Balaban J connectivity index is 0.00000441. The summed E-state index contributed by atoms with van der Waals surface area (Å²) in [4.78, 5) is 4.41. The van der Waals surface area contributed by atoms with Crippen LogP contribution in [-0.4, -0.2) is 19.1 Å². The lowest BCUT2D eigenvalue weighted by Gasteiger charge is -2.09. The lowest BCUT2D eigenvalue weighted by molar-refractivity contribution is 0.133. The van der Waals surface area contributed by atoms with Crippen molar-refractivity contribution in [3.63, 3.8) is 0 Å². The first-order valence-electron chi connectivity index (χ1n) is 7.96. The van der Waals surface area contributed by atoms with Crippen LogP contribution in [0.2, 0.25) is 0 Å². The van der Waals surface area contributed by atoms with E-state index in [0.29, 0.717) is 19.1 Å². The van der Waals surface area contributed by atoms with Crippen molar-refractivity contribution in [1.29, 1.82) is 0 Å². The summed E-state index contributed by atoms with van der Waals surface area (Å²) in [7, 11) is 0. The molecule has 0 fully saturated rings. The normalized spacial score (nSPS) is 11.1. The van der Waals surface area contributed by atoms with Crippen LogP contribution in [0, 0.1) is 0 Å². The van der Waals surface area contributed by atoms with Crippen molar-refractivity contribution in [2.24, 2.45) is 10.7 Å². The van der Waals surface area contributed by atoms with E-state index in [1.807, 2.05) is 19.1 Å². The molecule has 0 radical (unpaired) electrons. The van der Waals surface area contributed by atoms with Crippen molar-refractivity contribution in [1.82, 2.24) is 5.32 Å². The summed E-state index contributed by atoms with van der Waals surface area (Å²) < 4.78 is 5.47. The van der Waals surface area contributed by atoms with Gasteiger partial charge in [-0.05, 0) is 24.5 Å². The van der Waals surface area contributed by atoms with Crippen molar-refractivity contribution in [3.05, 3.63) is 35.4 Å². The number of aliphatic imine (C=N–C) groups is 1. The minimum atomic E-state index is 0. The minimum Gasteiger partial charge on any atom is -0.377 e. The molecule has 0 saturated carbocycles. The summed E-state index contributed by atoms with van der Waals surface area (Å²) in [5.74, 6) is 0.526. The number of nitrogens with zero attached hydrogens (tertiary/aromatic N) is 1. The van der Waals surface area contributed by atoms with Gasteiger partial charge >= 0.3 is 0 Å². The van der Waals surface area contributed by atoms with E-state index in [4.69, 9.17) is 10.5 Å². The molecule has 1 aromatic carbocycles. The van der Waals surface area contributed by atoms with Crippen LogP contribution in [0.5, 0.6) is 0 Å². The molecular weight excluding hydrogens is 389 g/mol. The number of nitrogens with one attached hydrogen (secondary N) is 1. The fourth-order valence-electron chi connectivity index (χ4n) is 2.06. The smallest absolute Gasteiger partial charge is 0.188 e. The Morgan fingerprint density at radius 1 is 1.14 bits per heavy atom. The van der Waals surface area contributed by atoms with Gasteiger partial charge in [-0.2, -0.15) is 0 Å². The molecule has 3 N–H and O–H groups in total. The van der Waals surface area contributed by atoms with E-state index >= 15 is 0 Å². The zero-order chi connectivity index (χ0) is 15.3. The number of nitrogens with two attached hydrogens (primary N) is 1. The topological polar surface area (TPSA) is 59.6 Å². The standard InChI is InChI=1S/C17H29N3O.HI/c1-3-5-6-9-12-19-17(18)20-13-15-10-7-8-11-16(15)14-21-4-2;/h7-8,10-11H,3-6,9,12-14H2,1-2H3,(H3,18,19,20);1H. The lowest BCUT2D eigenvalue weighted by atomic mass is 10.1. The van der Waals surface area contributed by atoms with Gasteiger partial charge in [0, 0.05) is 13.2 Å². The van der Waals surface area contributed by atoms with Gasteiger partial charge < -0.3 is 15.8 Å². The number of hydrogen-bond donors (Lipinski definition) is 2. The van der Waals surface area contributed by atoms with Gasteiger partial charge in [0.25, 0.3) is 0 Å². The summed E-state index contributed by atoms with van der Waals surface area (Å²) in [5, 5.41) is 3.17. The predicted octanol–water partition coefficient (Wildman–Crippen LogP) is 3.83. The summed E-state index contributed by atoms with van der Waals surface area (Å²) in [5.41, 5.74) is 8.24. The number of unbranched alkanes of at least 4 members (excludes halogenated alkanes) is 3. The highest BCUT2D eigenvalue weighted by molar-refractivity contribution is 14.0. The quantitative estimate of drug-likeness (QED) is 0.262. The summed E-state index contributed by atoms with van der Waals surface area (Å²) in [6.45, 7) is 7.06. The van der Waals surface area contributed by atoms with Crippen LogP contribution in [0.25, 0.3) is 0 Å². The molecule has 0 atom stereocenters. The van der Waals surface area contributed by atoms with Crippen molar-refractivity contribution in [2.75, 3.05) is 13.2 Å². The largest absolute Gasteiger partial charge is 0.377 e. The molecule has 1 rings (SSSR count). The first-order chi connectivity index (χ1) is 10.3. The Morgan fingerprint density at radius 3 is 2.55 bits per heavy atom. The molecule has 0 heterocycles. The predicted molar refractivity (Wildman–Crippen MR) is 105 cm³/mol. The van der Waals surface area contributed by atoms with Gasteiger partial charge in [0.2, 0.25) is 0 Å². The molecule has 22 heavy (non-hydrogen) atoms. The molecule has 0 saturated heterocycles. The molecule has 0 unspecified atom stereocenters. The Kier molecular flexibility index (Phi) is 13.3.